The Morgan fingerprint density at radius 3 is 2.71 bits per heavy atom. The van der Waals surface area contributed by atoms with E-state index in [1.807, 2.05) is 11.8 Å². The van der Waals surface area contributed by atoms with Crippen molar-refractivity contribution >= 4 is 17.3 Å². The van der Waals surface area contributed by atoms with Crippen LogP contribution >= 0.6 is 0 Å². The van der Waals surface area contributed by atoms with E-state index in [1.165, 1.54) is 12.1 Å². The molecule has 1 fully saturated rings. The van der Waals surface area contributed by atoms with Crippen LogP contribution in [0, 0.1) is 22.0 Å². The predicted octanol–water partition coefficient (Wildman–Crippen LogP) is 2.15. The summed E-state index contributed by atoms with van der Waals surface area (Å²) in [4.78, 5) is 23.6. The third kappa shape index (κ3) is 3.24. The van der Waals surface area contributed by atoms with Gasteiger partial charge in [0, 0.05) is 30.9 Å². The Morgan fingerprint density at radius 1 is 1.48 bits per heavy atom. The van der Waals surface area contributed by atoms with Crippen molar-refractivity contribution in [3.8, 4) is 5.75 Å². The molecule has 1 N–H and O–H groups in total. The number of carboxylic acids is 1. The zero-order chi connectivity index (χ0) is 15.6. The van der Waals surface area contributed by atoms with Crippen LogP contribution in [-0.2, 0) is 4.79 Å². The van der Waals surface area contributed by atoms with Crippen LogP contribution in [0.1, 0.15) is 13.8 Å². The fraction of sp³-hybridized carbons (Fsp3) is 0.500. The highest BCUT2D eigenvalue weighted by atomic mass is 16.6. The lowest BCUT2D eigenvalue weighted by molar-refractivity contribution is -0.384. The van der Waals surface area contributed by atoms with Crippen molar-refractivity contribution in [2.45, 2.75) is 13.8 Å². The summed E-state index contributed by atoms with van der Waals surface area (Å²) in [5.74, 6) is -0.870. The second kappa shape index (κ2) is 5.99. The number of carbonyl (C=O) groups is 1. The van der Waals surface area contributed by atoms with E-state index < -0.39 is 16.8 Å². The van der Waals surface area contributed by atoms with Crippen molar-refractivity contribution in [1.29, 1.82) is 0 Å². The van der Waals surface area contributed by atoms with Crippen LogP contribution in [0.5, 0.6) is 5.75 Å². The molecule has 7 heteroatoms. The van der Waals surface area contributed by atoms with Crippen LogP contribution in [0.4, 0.5) is 11.4 Å². The van der Waals surface area contributed by atoms with Gasteiger partial charge in [-0.2, -0.15) is 0 Å². The third-order valence-corrected chi connectivity index (χ3v) is 3.69. The molecule has 7 nitrogen and oxygen atoms in total. The maximum Gasteiger partial charge on any atom is 0.308 e. The molecule has 2 atom stereocenters. The number of nitrogens with zero attached hydrogens (tertiary/aromatic N) is 2. The van der Waals surface area contributed by atoms with Crippen LogP contribution in [0.2, 0.25) is 0 Å². The molecule has 0 bridgehead atoms. The average Bonchev–Trinajstić information content (AvgIpc) is 2.81. The van der Waals surface area contributed by atoms with Crippen molar-refractivity contribution in [2.24, 2.45) is 11.8 Å². The summed E-state index contributed by atoms with van der Waals surface area (Å²) in [5, 5.41) is 20.2. The molecule has 1 aromatic rings. The first-order valence-corrected chi connectivity index (χ1v) is 6.82. The minimum absolute atomic E-state index is 0.00249. The molecule has 1 heterocycles. The van der Waals surface area contributed by atoms with E-state index in [0.717, 1.165) is 0 Å². The lowest BCUT2D eigenvalue weighted by Gasteiger charge is -2.19. The highest BCUT2D eigenvalue weighted by molar-refractivity contribution is 5.73. The number of aliphatic carboxylic acids is 1. The fourth-order valence-corrected chi connectivity index (χ4v) is 2.61. The number of anilines is 1. The molecular weight excluding hydrogens is 276 g/mol. The van der Waals surface area contributed by atoms with Gasteiger partial charge in [0.2, 0.25) is 0 Å². The van der Waals surface area contributed by atoms with Crippen molar-refractivity contribution in [3.05, 3.63) is 28.3 Å². The van der Waals surface area contributed by atoms with Gasteiger partial charge in [0.1, 0.15) is 5.75 Å². The van der Waals surface area contributed by atoms with Crippen LogP contribution in [-0.4, -0.2) is 35.7 Å². The first-order valence-electron chi connectivity index (χ1n) is 6.82. The van der Waals surface area contributed by atoms with Gasteiger partial charge in [-0.3, -0.25) is 14.9 Å². The Balaban J connectivity index is 2.31. The number of benzene rings is 1. The Kier molecular flexibility index (Phi) is 4.30. The summed E-state index contributed by atoms with van der Waals surface area (Å²) >= 11 is 0. The molecular formula is C14H18N2O5. The van der Waals surface area contributed by atoms with Crippen molar-refractivity contribution in [3.63, 3.8) is 0 Å². The molecule has 1 saturated heterocycles. The van der Waals surface area contributed by atoms with Gasteiger partial charge in [0.15, 0.2) is 0 Å². The number of ether oxygens (including phenoxy) is 1. The molecule has 1 aliphatic heterocycles. The Morgan fingerprint density at radius 2 is 2.19 bits per heavy atom. The molecule has 21 heavy (non-hydrogen) atoms. The maximum atomic E-state index is 11.2. The number of carboxylic acid groups (broad SMARTS) is 1. The number of nitro benzene ring substituents is 1. The van der Waals surface area contributed by atoms with Gasteiger partial charge >= 0.3 is 5.97 Å². The summed E-state index contributed by atoms with van der Waals surface area (Å²) in [6.07, 6.45) is 0. The molecule has 0 aliphatic carbocycles. The number of hydrogen-bond acceptors (Lipinski definition) is 5. The third-order valence-electron chi connectivity index (χ3n) is 3.69. The van der Waals surface area contributed by atoms with Gasteiger partial charge in [-0.05, 0) is 12.8 Å². The molecule has 0 radical (unpaired) electrons. The van der Waals surface area contributed by atoms with Gasteiger partial charge in [0.05, 0.1) is 23.5 Å². The normalized spacial score (nSPS) is 21.3. The van der Waals surface area contributed by atoms with Crippen molar-refractivity contribution in [2.75, 3.05) is 24.6 Å². The summed E-state index contributed by atoms with van der Waals surface area (Å²) in [6, 6.07) is 4.55. The van der Waals surface area contributed by atoms with E-state index in [-0.39, 0.29) is 11.6 Å². The van der Waals surface area contributed by atoms with E-state index in [0.29, 0.717) is 31.1 Å². The van der Waals surface area contributed by atoms with E-state index in [1.54, 1.807) is 13.0 Å². The van der Waals surface area contributed by atoms with Gasteiger partial charge in [-0.25, -0.2) is 0 Å². The molecule has 0 amide bonds. The van der Waals surface area contributed by atoms with E-state index in [4.69, 9.17) is 4.74 Å². The lowest BCUT2D eigenvalue weighted by atomic mass is 9.99. The lowest BCUT2D eigenvalue weighted by Crippen LogP contribution is -2.23. The van der Waals surface area contributed by atoms with E-state index >= 15 is 0 Å². The fourth-order valence-electron chi connectivity index (χ4n) is 2.61. The Labute approximate surface area is 122 Å². The molecule has 2 unspecified atom stereocenters. The highest BCUT2D eigenvalue weighted by Crippen LogP contribution is 2.33. The summed E-state index contributed by atoms with van der Waals surface area (Å²) in [6.45, 7) is 5.00. The first kappa shape index (κ1) is 15.1. The molecule has 114 valence electrons. The molecule has 2 rings (SSSR count). The topological polar surface area (TPSA) is 92.9 Å². The molecule has 0 aromatic heterocycles. The molecule has 0 spiro atoms. The SMILES string of the molecule is CCOc1cc(N2CC(C)C(C(=O)O)C2)cc([N+](=O)[O-])c1. The minimum atomic E-state index is -0.833. The van der Waals surface area contributed by atoms with Crippen molar-refractivity contribution in [1.82, 2.24) is 0 Å². The minimum Gasteiger partial charge on any atom is -0.494 e. The van der Waals surface area contributed by atoms with Crippen LogP contribution in [0.25, 0.3) is 0 Å². The van der Waals surface area contributed by atoms with Gasteiger partial charge in [0.25, 0.3) is 5.69 Å². The average molecular weight is 294 g/mol. The zero-order valence-corrected chi connectivity index (χ0v) is 12.0. The second-order valence-corrected chi connectivity index (χ2v) is 5.20. The zero-order valence-electron chi connectivity index (χ0n) is 12.0. The van der Waals surface area contributed by atoms with E-state index in [9.17, 15) is 20.0 Å². The standard InChI is InChI=1S/C14H18N2O5/c1-3-21-12-5-10(4-11(6-12)16(19)20)15-7-9(2)13(8-15)14(17)18/h4-6,9,13H,3,7-8H2,1-2H3,(H,17,18). The quantitative estimate of drug-likeness (QED) is 0.660. The van der Waals surface area contributed by atoms with Gasteiger partial charge in [-0.15, -0.1) is 0 Å². The summed E-state index contributed by atoms with van der Waals surface area (Å²) < 4.78 is 5.35. The number of non-ortho nitro benzene ring substituents is 1. The molecule has 1 aliphatic rings. The highest BCUT2D eigenvalue weighted by Gasteiger charge is 2.35. The summed E-state index contributed by atoms with van der Waals surface area (Å²) in [5.41, 5.74) is 0.575. The van der Waals surface area contributed by atoms with E-state index in [2.05, 4.69) is 0 Å². The number of rotatable bonds is 5. The smallest absolute Gasteiger partial charge is 0.308 e. The number of nitro groups is 1. The predicted molar refractivity (Wildman–Crippen MR) is 76.8 cm³/mol. The van der Waals surface area contributed by atoms with Crippen LogP contribution in [0.15, 0.2) is 18.2 Å². The van der Waals surface area contributed by atoms with Crippen molar-refractivity contribution < 1.29 is 19.6 Å². The second-order valence-electron chi connectivity index (χ2n) is 5.20. The van der Waals surface area contributed by atoms with Crippen LogP contribution < -0.4 is 9.64 Å². The Bertz CT molecular complexity index is 560. The van der Waals surface area contributed by atoms with Gasteiger partial charge in [-0.1, -0.05) is 6.92 Å². The Hall–Kier alpha value is -2.31. The maximum absolute atomic E-state index is 11.2. The summed E-state index contributed by atoms with van der Waals surface area (Å²) in [7, 11) is 0. The number of hydrogen-bond donors (Lipinski definition) is 1. The van der Waals surface area contributed by atoms with Gasteiger partial charge < -0.3 is 14.7 Å². The molecule has 0 saturated carbocycles. The largest absolute Gasteiger partial charge is 0.494 e. The van der Waals surface area contributed by atoms with Crippen LogP contribution in [0.3, 0.4) is 0 Å². The molecule has 1 aromatic carbocycles. The monoisotopic (exact) mass is 294 g/mol. The first-order chi connectivity index (χ1) is 9.92.